The molecule has 0 amide bonds. The number of hydrogen-bond donors (Lipinski definition) is 0. The maximum absolute atomic E-state index is 13.1. The van der Waals surface area contributed by atoms with Crippen molar-refractivity contribution in [2.75, 3.05) is 6.61 Å². The molecule has 2 aromatic heterocycles. The molecular weight excluding hydrogens is 392 g/mol. The SMILES string of the molecule is Cc1c(C(=O)OCC(C)C)sc2ncn([C@@H](C)C(=O)OC3CCCCC3)c(=O)c12. The highest BCUT2D eigenvalue weighted by atomic mass is 32.1. The highest BCUT2D eigenvalue weighted by Gasteiger charge is 2.26. The van der Waals surface area contributed by atoms with E-state index in [0.29, 0.717) is 27.3 Å². The Morgan fingerprint density at radius 1 is 1.24 bits per heavy atom. The van der Waals surface area contributed by atoms with E-state index in [9.17, 15) is 14.4 Å². The van der Waals surface area contributed by atoms with Gasteiger partial charge in [0.15, 0.2) is 0 Å². The van der Waals surface area contributed by atoms with Crippen molar-refractivity contribution in [1.29, 1.82) is 0 Å². The van der Waals surface area contributed by atoms with Crippen molar-refractivity contribution in [2.24, 2.45) is 5.92 Å². The van der Waals surface area contributed by atoms with Gasteiger partial charge in [-0.05, 0) is 51.0 Å². The minimum Gasteiger partial charge on any atom is -0.461 e. The number of aryl methyl sites for hydroxylation is 1. The van der Waals surface area contributed by atoms with Crippen LogP contribution in [0.15, 0.2) is 11.1 Å². The van der Waals surface area contributed by atoms with E-state index in [2.05, 4.69) is 4.98 Å². The summed E-state index contributed by atoms with van der Waals surface area (Å²) in [5.74, 6) is -0.653. The molecule has 158 valence electrons. The fourth-order valence-corrected chi connectivity index (χ4v) is 4.51. The Morgan fingerprint density at radius 3 is 2.59 bits per heavy atom. The van der Waals surface area contributed by atoms with Crippen LogP contribution >= 0.6 is 11.3 Å². The van der Waals surface area contributed by atoms with Gasteiger partial charge in [0.05, 0.1) is 18.3 Å². The largest absolute Gasteiger partial charge is 0.461 e. The maximum atomic E-state index is 13.1. The maximum Gasteiger partial charge on any atom is 0.348 e. The number of aromatic nitrogens is 2. The summed E-state index contributed by atoms with van der Waals surface area (Å²) in [6.07, 6.45) is 6.32. The molecule has 1 aliphatic rings. The molecule has 2 heterocycles. The van der Waals surface area contributed by atoms with Gasteiger partial charge in [0.1, 0.15) is 21.9 Å². The van der Waals surface area contributed by atoms with Crippen LogP contribution in [-0.4, -0.2) is 34.2 Å². The number of hydrogen-bond acceptors (Lipinski definition) is 7. The number of ether oxygens (including phenoxy) is 2. The molecule has 1 aliphatic carbocycles. The summed E-state index contributed by atoms with van der Waals surface area (Å²) in [7, 11) is 0. The topological polar surface area (TPSA) is 87.5 Å². The Hall–Kier alpha value is -2.22. The second-order valence-electron chi connectivity index (χ2n) is 8.06. The molecule has 2 aromatic rings. The second-order valence-corrected chi connectivity index (χ2v) is 9.06. The monoisotopic (exact) mass is 420 g/mol. The molecule has 1 fully saturated rings. The summed E-state index contributed by atoms with van der Waals surface area (Å²) in [6, 6.07) is -0.781. The number of rotatable bonds is 6. The normalized spacial score (nSPS) is 16.2. The standard InChI is InChI=1S/C21H28N2O5S/c1-12(2)10-27-21(26)17-13(3)16-18(29-17)22-11-23(19(16)24)14(4)20(25)28-15-8-6-5-7-9-15/h11-12,14-15H,5-10H2,1-4H3/t14-/m0/s1. The summed E-state index contributed by atoms with van der Waals surface area (Å²) in [4.78, 5) is 43.2. The van der Waals surface area contributed by atoms with Crippen molar-refractivity contribution in [2.45, 2.75) is 71.9 Å². The van der Waals surface area contributed by atoms with Crippen molar-refractivity contribution in [1.82, 2.24) is 9.55 Å². The van der Waals surface area contributed by atoms with Crippen molar-refractivity contribution in [3.05, 3.63) is 27.1 Å². The summed E-state index contributed by atoms with van der Waals surface area (Å²) in [6.45, 7) is 7.58. The number of nitrogens with zero attached hydrogens (tertiary/aromatic N) is 2. The molecule has 0 bridgehead atoms. The van der Waals surface area contributed by atoms with Gasteiger partial charge < -0.3 is 9.47 Å². The number of fused-ring (bicyclic) bond motifs is 1. The molecule has 1 saturated carbocycles. The van der Waals surface area contributed by atoms with E-state index in [0.717, 1.165) is 37.0 Å². The quantitative estimate of drug-likeness (QED) is 0.656. The van der Waals surface area contributed by atoms with Crippen LogP contribution in [0.25, 0.3) is 10.2 Å². The third-order valence-corrected chi connectivity index (χ3v) is 6.38. The first-order valence-corrected chi connectivity index (χ1v) is 11.0. The third-order valence-electron chi connectivity index (χ3n) is 5.20. The predicted octanol–water partition coefficient (Wildman–Crippen LogP) is 4.02. The molecule has 29 heavy (non-hydrogen) atoms. The van der Waals surface area contributed by atoms with Gasteiger partial charge >= 0.3 is 11.9 Å². The number of carbonyl (C=O) groups excluding carboxylic acids is 2. The van der Waals surface area contributed by atoms with Crippen LogP contribution in [-0.2, 0) is 14.3 Å². The van der Waals surface area contributed by atoms with Gasteiger partial charge in [-0.2, -0.15) is 0 Å². The van der Waals surface area contributed by atoms with Gasteiger partial charge in [0.2, 0.25) is 0 Å². The van der Waals surface area contributed by atoms with E-state index in [1.54, 1.807) is 13.8 Å². The third kappa shape index (κ3) is 4.69. The molecule has 1 atom stereocenters. The lowest BCUT2D eigenvalue weighted by molar-refractivity contribution is -0.154. The number of carbonyl (C=O) groups is 2. The molecule has 0 aliphatic heterocycles. The van der Waals surface area contributed by atoms with Crippen LogP contribution in [0.5, 0.6) is 0 Å². The highest BCUT2D eigenvalue weighted by Crippen LogP contribution is 2.28. The minimum absolute atomic E-state index is 0.0729. The summed E-state index contributed by atoms with van der Waals surface area (Å²) < 4.78 is 12.2. The molecule has 0 aromatic carbocycles. The molecular formula is C21H28N2O5S. The molecule has 0 spiro atoms. The zero-order valence-electron chi connectivity index (χ0n) is 17.4. The Labute approximate surface area is 174 Å². The van der Waals surface area contributed by atoms with Crippen molar-refractivity contribution in [3.8, 4) is 0 Å². The van der Waals surface area contributed by atoms with Gasteiger partial charge in [-0.15, -0.1) is 11.3 Å². The first-order valence-electron chi connectivity index (χ1n) is 10.2. The van der Waals surface area contributed by atoms with Crippen molar-refractivity contribution >= 4 is 33.5 Å². The highest BCUT2D eigenvalue weighted by molar-refractivity contribution is 7.20. The molecule has 0 unspecified atom stereocenters. The van der Waals surface area contributed by atoms with Crippen LogP contribution in [0.2, 0.25) is 0 Å². The van der Waals surface area contributed by atoms with Crippen LogP contribution in [0, 0.1) is 12.8 Å². The smallest absolute Gasteiger partial charge is 0.348 e. The molecule has 3 rings (SSSR count). The number of esters is 2. The van der Waals surface area contributed by atoms with Gasteiger partial charge in [-0.1, -0.05) is 20.3 Å². The molecule has 0 N–H and O–H groups in total. The average molecular weight is 421 g/mol. The van der Waals surface area contributed by atoms with Gasteiger partial charge in [0.25, 0.3) is 5.56 Å². The first kappa shape index (κ1) is 21.5. The van der Waals surface area contributed by atoms with Gasteiger partial charge in [-0.3, -0.25) is 9.36 Å². The first-order chi connectivity index (χ1) is 13.8. The van der Waals surface area contributed by atoms with Crippen molar-refractivity contribution < 1.29 is 19.1 Å². The lowest BCUT2D eigenvalue weighted by Gasteiger charge is -2.24. The minimum atomic E-state index is -0.781. The lowest BCUT2D eigenvalue weighted by atomic mass is 9.98. The molecule has 0 radical (unpaired) electrons. The molecule has 7 nitrogen and oxygen atoms in total. The van der Waals surface area contributed by atoms with E-state index in [-0.39, 0.29) is 17.6 Å². The summed E-state index contributed by atoms with van der Waals surface area (Å²) in [5, 5.41) is 0.353. The fourth-order valence-electron chi connectivity index (χ4n) is 3.47. The Morgan fingerprint density at radius 2 is 1.93 bits per heavy atom. The van der Waals surface area contributed by atoms with Gasteiger partial charge in [0, 0.05) is 0 Å². The van der Waals surface area contributed by atoms with E-state index < -0.39 is 18.0 Å². The zero-order chi connectivity index (χ0) is 21.1. The fraction of sp³-hybridized carbons (Fsp3) is 0.619. The summed E-state index contributed by atoms with van der Waals surface area (Å²) >= 11 is 1.14. The van der Waals surface area contributed by atoms with Crippen LogP contribution in [0.1, 0.15) is 74.2 Å². The predicted molar refractivity (Wildman–Crippen MR) is 111 cm³/mol. The van der Waals surface area contributed by atoms with E-state index in [1.165, 1.54) is 17.3 Å². The Kier molecular flexibility index (Phi) is 6.72. The average Bonchev–Trinajstić information content (AvgIpc) is 3.04. The van der Waals surface area contributed by atoms with E-state index in [4.69, 9.17) is 9.47 Å². The Bertz CT molecular complexity index is 956. The van der Waals surface area contributed by atoms with Crippen molar-refractivity contribution in [3.63, 3.8) is 0 Å². The number of thiophene rings is 1. The van der Waals surface area contributed by atoms with Gasteiger partial charge in [-0.25, -0.2) is 14.6 Å². The Balaban J connectivity index is 1.85. The summed E-state index contributed by atoms with van der Waals surface area (Å²) in [5.41, 5.74) is 0.193. The second kappa shape index (κ2) is 9.07. The molecule has 8 heteroatoms. The van der Waals surface area contributed by atoms with E-state index in [1.807, 2.05) is 13.8 Å². The zero-order valence-corrected chi connectivity index (χ0v) is 18.2. The van der Waals surface area contributed by atoms with Crippen LogP contribution in [0.4, 0.5) is 0 Å². The van der Waals surface area contributed by atoms with Crippen LogP contribution < -0.4 is 5.56 Å². The van der Waals surface area contributed by atoms with E-state index >= 15 is 0 Å². The molecule has 0 saturated heterocycles. The van der Waals surface area contributed by atoms with Crippen LogP contribution in [0.3, 0.4) is 0 Å². The lowest BCUT2D eigenvalue weighted by Crippen LogP contribution is -2.32.